The SMILES string of the molecule is O=C(c1cc(F)c(Cl)cc1F)N1C[C@@H]2CCC[C@@]2(C(=O)O)C1. The highest BCUT2D eigenvalue weighted by molar-refractivity contribution is 6.30. The Labute approximate surface area is 130 Å². The molecule has 1 amide bonds. The Balaban J connectivity index is 1.89. The number of carbonyl (C=O) groups excluding carboxylic acids is 1. The molecular weight excluding hydrogens is 316 g/mol. The molecule has 4 nitrogen and oxygen atoms in total. The summed E-state index contributed by atoms with van der Waals surface area (Å²) in [6.45, 7) is 0.296. The Morgan fingerprint density at radius 2 is 2.05 bits per heavy atom. The van der Waals surface area contributed by atoms with Crippen LogP contribution in [0.4, 0.5) is 8.78 Å². The van der Waals surface area contributed by atoms with E-state index in [0.29, 0.717) is 6.42 Å². The molecule has 118 valence electrons. The molecule has 0 unspecified atom stereocenters. The van der Waals surface area contributed by atoms with Crippen molar-refractivity contribution >= 4 is 23.5 Å². The van der Waals surface area contributed by atoms with Crippen molar-refractivity contribution in [3.05, 3.63) is 34.4 Å². The normalized spacial score (nSPS) is 27.0. The van der Waals surface area contributed by atoms with Gasteiger partial charge in [-0.25, -0.2) is 8.78 Å². The molecule has 7 heteroatoms. The van der Waals surface area contributed by atoms with Crippen LogP contribution >= 0.6 is 11.6 Å². The molecule has 1 aromatic rings. The molecule has 1 N–H and O–H groups in total. The second kappa shape index (κ2) is 5.19. The molecule has 3 rings (SSSR count). The third kappa shape index (κ3) is 2.17. The lowest BCUT2D eigenvalue weighted by atomic mass is 9.81. The van der Waals surface area contributed by atoms with Crippen molar-refractivity contribution in [3.63, 3.8) is 0 Å². The Hall–Kier alpha value is -1.69. The third-order valence-corrected chi connectivity index (χ3v) is 5.11. The smallest absolute Gasteiger partial charge is 0.311 e. The zero-order chi connectivity index (χ0) is 16.1. The number of nitrogens with zero attached hydrogens (tertiary/aromatic N) is 1. The standard InChI is InChI=1S/C15H14ClF2NO3/c16-10-5-11(17)9(4-12(10)18)13(20)19-6-8-2-1-3-15(8,7-19)14(21)22/h4-5,8H,1-3,6-7H2,(H,21,22)/t8-,15+/m0/s1. The van der Waals surface area contributed by atoms with Crippen molar-refractivity contribution in [1.29, 1.82) is 0 Å². The highest BCUT2D eigenvalue weighted by Gasteiger charge is 2.55. The van der Waals surface area contributed by atoms with E-state index in [4.69, 9.17) is 11.6 Å². The van der Waals surface area contributed by atoms with Gasteiger partial charge in [-0.05, 0) is 30.9 Å². The molecule has 2 fully saturated rings. The first-order valence-corrected chi connectivity index (χ1v) is 7.40. The summed E-state index contributed by atoms with van der Waals surface area (Å²) >= 11 is 5.47. The van der Waals surface area contributed by atoms with Crippen molar-refractivity contribution in [2.45, 2.75) is 19.3 Å². The molecule has 1 aliphatic carbocycles. The Kier molecular flexibility index (Phi) is 3.59. The number of likely N-dealkylation sites (tertiary alicyclic amines) is 1. The van der Waals surface area contributed by atoms with Crippen LogP contribution in [0.5, 0.6) is 0 Å². The maximum atomic E-state index is 13.9. The van der Waals surface area contributed by atoms with Gasteiger partial charge in [-0.1, -0.05) is 18.0 Å². The maximum absolute atomic E-state index is 13.9. The first-order chi connectivity index (χ1) is 10.3. The average molecular weight is 330 g/mol. The van der Waals surface area contributed by atoms with Gasteiger partial charge < -0.3 is 10.0 Å². The molecule has 1 aliphatic heterocycles. The first kappa shape index (κ1) is 15.2. The number of carboxylic acids is 1. The van der Waals surface area contributed by atoms with E-state index in [1.54, 1.807) is 0 Å². The molecule has 1 saturated carbocycles. The van der Waals surface area contributed by atoms with Gasteiger partial charge in [-0.3, -0.25) is 9.59 Å². The predicted molar refractivity (Wildman–Crippen MR) is 74.7 cm³/mol. The van der Waals surface area contributed by atoms with Gasteiger partial charge >= 0.3 is 5.97 Å². The fraction of sp³-hybridized carbons (Fsp3) is 0.467. The number of aliphatic carboxylic acids is 1. The third-order valence-electron chi connectivity index (χ3n) is 4.82. The average Bonchev–Trinajstić information content (AvgIpc) is 2.99. The molecule has 1 heterocycles. The lowest BCUT2D eigenvalue weighted by Gasteiger charge is -2.23. The molecule has 0 radical (unpaired) electrons. The van der Waals surface area contributed by atoms with Crippen molar-refractivity contribution in [2.24, 2.45) is 11.3 Å². The van der Waals surface area contributed by atoms with Gasteiger partial charge in [0.25, 0.3) is 5.91 Å². The number of fused-ring (bicyclic) bond motifs is 1. The lowest BCUT2D eigenvalue weighted by molar-refractivity contribution is -0.149. The zero-order valence-corrected chi connectivity index (χ0v) is 12.4. The quantitative estimate of drug-likeness (QED) is 0.849. The Morgan fingerprint density at radius 3 is 2.68 bits per heavy atom. The number of hydrogen-bond donors (Lipinski definition) is 1. The van der Waals surface area contributed by atoms with Gasteiger partial charge in [-0.15, -0.1) is 0 Å². The van der Waals surface area contributed by atoms with Crippen LogP contribution in [0.25, 0.3) is 0 Å². The number of halogens is 3. The summed E-state index contributed by atoms with van der Waals surface area (Å²) in [4.78, 5) is 25.3. The second-order valence-corrected chi connectivity index (χ2v) is 6.39. The highest BCUT2D eigenvalue weighted by Crippen LogP contribution is 2.49. The van der Waals surface area contributed by atoms with E-state index in [9.17, 15) is 23.5 Å². The fourth-order valence-corrected chi connectivity index (χ4v) is 3.80. The van der Waals surface area contributed by atoms with Crippen LogP contribution in [-0.2, 0) is 4.79 Å². The molecule has 2 atom stereocenters. The van der Waals surface area contributed by atoms with Crippen LogP contribution in [-0.4, -0.2) is 35.0 Å². The minimum atomic E-state index is -0.947. The summed E-state index contributed by atoms with van der Waals surface area (Å²) in [5.74, 6) is -3.53. The molecule has 0 aromatic heterocycles. The van der Waals surface area contributed by atoms with Crippen molar-refractivity contribution in [2.75, 3.05) is 13.1 Å². The number of benzene rings is 1. The number of hydrogen-bond acceptors (Lipinski definition) is 2. The fourth-order valence-electron chi connectivity index (χ4n) is 3.65. The Morgan fingerprint density at radius 1 is 1.32 bits per heavy atom. The van der Waals surface area contributed by atoms with E-state index in [-0.39, 0.29) is 19.0 Å². The monoisotopic (exact) mass is 329 g/mol. The lowest BCUT2D eigenvalue weighted by Crippen LogP contribution is -2.37. The van der Waals surface area contributed by atoms with E-state index in [1.807, 2.05) is 0 Å². The van der Waals surface area contributed by atoms with Crippen molar-refractivity contribution in [3.8, 4) is 0 Å². The van der Waals surface area contributed by atoms with Crippen LogP contribution in [0.3, 0.4) is 0 Å². The van der Waals surface area contributed by atoms with Crippen molar-refractivity contribution < 1.29 is 23.5 Å². The summed E-state index contributed by atoms with van der Waals surface area (Å²) in [6.07, 6.45) is 2.05. The van der Waals surface area contributed by atoms with E-state index in [1.165, 1.54) is 4.90 Å². The number of rotatable bonds is 2. The predicted octanol–water partition coefficient (Wildman–Crippen LogP) is 2.95. The van der Waals surface area contributed by atoms with Gasteiger partial charge in [0.1, 0.15) is 11.6 Å². The summed E-state index contributed by atoms with van der Waals surface area (Å²) in [7, 11) is 0. The summed E-state index contributed by atoms with van der Waals surface area (Å²) in [5.41, 5.74) is -1.36. The minimum absolute atomic E-state index is 0.0372. The largest absolute Gasteiger partial charge is 0.481 e. The topological polar surface area (TPSA) is 57.6 Å². The van der Waals surface area contributed by atoms with Crippen LogP contribution < -0.4 is 0 Å². The van der Waals surface area contributed by atoms with Gasteiger partial charge in [0.15, 0.2) is 0 Å². The number of carboxylic acid groups (broad SMARTS) is 1. The van der Waals surface area contributed by atoms with E-state index in [2.05, 4.69) is 0 Å². The van der Waals surface area contributed by atoms with Gasteiger partial charge in [0.2, 0.25) is 0 Å². The second-order valence-electron chi connectivity index (χ2n) is 5.98. The van der Waals surface area contributed by atoms with E-state index < -0.39 is 39.5 Å². The molecule has 1 aromatic carbocycles. The summed E-state index contributed by atoms with van der Waals surface area (Å²) in [6, 6.07) is 1.52. The van der Waals surface area contributed by atoms with Crippen LogP contribution in [0.15, 0.2) is 12.1 Å². The zero-order valence-electron chi connectivity index (χ0n) is 11.6. The molecule has 0 spiro atoms. The summed E-state index contributed by atoms with van der Waals surface area (Å²) in [5, 5.41) is 9.10. The molecular formula is C15H14ClF2NO3. The van der Waals surface area contributed by atoms with Crippen LogP contribution in [0.1, 0.15) is 29.6 Å². The van der Waals surface area contributed by atoms with Gasteiger partial charge in [-0.2, -0.15) is 0 Å². The number of amides is 1. The van der Waals surface area contributed by atoms with Gasteiger partial charge in [0.05, 0.1) is 16.0 Å². The molecule has 0 bridgehead atoms. The molecule has 1 saturated heterocycles. The first-order valence-electron chi connectivity index (χ1n) is 7.02. The maximum Gasteiger partial charge on any atom is 0.311 e. The van der Waals surface area contributed by atoms with Crippen molar-refractivity contribution in [1.82, 2.24) is 4.90 Å². The van der Waals surface area contributed by atoms with Gasteiger partial charge in [0, 0.05) is 13.1 Å². The minimum Gasteiger partial charge on any atom is -0.481 e. The molecule has 2 aliphatic rings. The highest BCUT2D eigenvalue weighted by atomic mass is 35.5. The van der Waals surface area contributed by atoms with Crippen LogP contribution in [0.2, 0.25) is 5.02 Å². The van der Waals surface area contributed by atoms with E-state index in [0.717, 1.165) is 25.0 Å². The van der Waals surface area contributed by atoms with E-state index >= 15 is 0 Å². The molecule has 22 heavy (non-hydrogen) atoms. The van der Waals surface area contributed by atoms with Crippen LogP contribution in [0, 0.1) is 23.0 Å². The summed E-state index contributed by atoms with van der Waals surface area (Å²) < 4.78 is 27.3. The number of carbonyl (C=O) groups is 2. The Bertz CT molecular complexity index is 666.